The van der Waals surface area contributed by atoms with E-state index in [1.807, 2.05) is 12.1 Å². The molecular weight excluding hydrogens is 388 g/mol. The lowest BCUT2D eigenvalue weighted by Gasteiger charge is -2.20. The molecule has 0 saturated carbocycles. The van der Waals surface area contributed by atoms with Gasteiger partial charge in [0, 0.05) is 12.3 Å². The minimum Gasteiger partial charge on any atom is -0.495 e. The van der Waals surface area contributed by atoms with Crippen molar-refractivity contribution in [3.05, 3.63) is 45.9 Å². The molecule has 1 aromatic carbocycles. The first-order chi connectivity index (χ1) is 13.0. The zero-order valence-electron chi connectivity index (χ0n) is 14.8. The molecule has 0 aliphatic carbocycles. The lowest BCUT2D eigenvalue weighted by Crippen LogP contribution is -2.23. The molecule has 8 nitrogen and oxygen atoms in total. The summed E-state index contributed by atoms with van der Waals surface area (Å²) >= 11 is 2.27. The van der Waals surface area contributed by atoms with E-state index in [0.717, 1.165) is 11.5 Å². The monoisotopic (exact) mass is 404 g/mol. The molecule has 0 saturated heterocycles. The molecule has 3 rings (SSSR count). The van der Waals surface area contributed by atoms with Crippen LogP contribution >= 0.6 is 22.9 Å². The lowest BCUT2D eigenvalue weighted by molar-refractivity contribution is -0.115. The number of carbonyl (C=O) groups excluding carboxylic acids is 2. The minimum absolute atomic E-state index is 0.00958. The van der Waals surface area contributed by atoms with Crippen LogP contribution in [-0.4, -0.2) is 33.6 Å². The summed E-state index contributed by atoms with van der Waals surface area (Å²) in [4.78, 5) is 30.5. The van der Waals surface area contributed by atoms with E-state index in [9.17, 15) is 9.59 Å². The number of ether oxygens (including phenoxy) is 2. The predicted molar refractivity (Wildman–Crippen MR) is 102 cm³/mol. The van der Waals surface area contributed by atoms with Gasteiger partial charge in [0.25, 0.3) is 0 Å². The molecule has 0 radical (unpaired) electrons. The average Bonchev–Trinajstić information content (AvgIpc) is 3.29. The maximum Gasteiger partial charge on any atom is 0.352 e. The number of carbonyl (C=O) groups is 2. The Balaban J connectivity index is 1.77. The van der Waals surface area contributed by atoms with E-state index in [4.69, 9.17) is 9.47 Å². The number of anilines is 2. The molecule has 0 bridgehead atoms. The highest BCUT2D eigenvalue weighted by molar-refractivity contribution is 7.14. The highest BCUT2D eigenvalue weighted by Gasteiger charge is 2.22. The molecule has 2 aromatic heterocycles. The van der Waals surface area contributed by atoms with Crippen LogP contribution in [-0.2, 0) is 16.1 Å². The smallest absolute Gasteiger partial charge is 0.352 e. The Labute approximate surface area is 163 Å². The first-order valence-electron chi connectivity index (χ1n) is 7.85. The van der Waals surface area contributed by atoms with Crippen molar-refractivity contribution in [2.75, 3.05) is 12.0 Å². The summed E-state index contributed by atoms with van der Waals surface area (Å²) in [7, 11) is 1.54. The highest BCUT2D eigenvalue weighted by Crippen LogP contribution is 2.35. The van der Waals surface area contributed by atoms with Crippen molar-refractivity contribution >= 4 is 45.6 Å². The standard InChI is InChI=1S/C17H16N4O4S2/c1-10-15(27-20-19-10)16(23)25-8-12-9-26-17(18-12)21(11(2)22)13-6-4-5-7-14(13)24-3/h4-7,9H,8H2,1-3H3. The summed E-state index contributed by atoms with van der Waals surface area (Å²) in [5.74, 6) is -0.141. The molecule has 1 amide bonds. The normalized spacial score (nSPS) is 10.5. The maximum atomic E-state index is 12.2. The highest BCUT2D eigenvalue weighted by atomic mass is 32.1. The Morgan fingerprint density at radius 3 is 2.70 bits per heavy atom. The van der Waals surface area contributed by atoms with Crippen molar-refractivity contribution in [2.24, 2.45) is 0 Å². The fourth-order valence-electron chi connectivity index (χ4n) is 2.31. The zero-order valence-corrected chi connectivity index (χ0v) is 16.5. The predicted octanol–water partition coefficient (Wildman–Crippen LogP) is 3.35. The SMILES string of the molecule is COc1ccccc1N(C(C)=O)c1nc(COC(=O)c2snnc2C)cs1. The summed E-state index contributed by atoms with van der Waals surface area (Å²) in [5, 5.41) is 6.00. The van der Waals surface area contributed by atoms with Gasteiger partial charge in [0.15, 0.2) is 10.0 Å². The van der Waals surface area contributed by atoms with Crippen molar-refractivity contribution in [1.82, 2.24) is 14.6 Å². The topological polar surface area (TPSA) is 94.5 Å². The van der Waals surface area contributed by atoms with Crippen LogP contribution in [0.15, 0.2) is 29.6 Å². The number of thiazole rings is 1. The quantitative estimate of drug-likeness (QED) is 0.581. The van der Waals surface area contributed by atoms with Crippen LogP contribution in [0.25, 0.3) is 0 Å². The van der Waals surface area contributed by atoms with Crippen LogP contribution in [0.4, 0.5) is 10.8 Å². The lowest BCUT2D eigenvalue weighted by atomic mass is 10.2. The summed E-state index contributed by atoms with van der Waals surface area (Å²) in [6.07, 6.45) is 0. The van der Waals surface area contributed by atoms with Crippen molar-refractivity contribution in [3.63, 3.8) is 0 Å². The molecule has 0 aliphatic rings. The molecule has 10 heteroatoms. The van der Waals surface area contributed by atoms with Gasteiger partial charge in [0.05, 0.1) is 24.2 Å². The summed E-state index contributed by atoms with van der Waals surface area (Å²) < 4.78 is 14.3. The van der Waals surface area contributed by atoms with Crippen LogP contribution < -0.4 is 9.64 Å². The van der Waals surface area contributed by atoms with Gasteiger partial charge in [-0.15, -0.1) is 16.4 Å². The van der Waals surface area contributed by atoms with Crippen molar-refractivity contribution in [2.45, 2.75) is 20.5 Å². The van der Waals surface area contributed by atoms with E-state index >= 15 is 0 Å². The number of rotatable bonds is 6. The van der Waals surface area contributed by atoms with Gasteiger partial charge < -0.3 is 9.47 Å². The molecule has 0 atom stereocenters. The molecule has 2 heterocycles. The van der Waals surface area contributed by atoms with Gasteiger partial charge >= 0.3 is 5.97 Å². The summed E-state index contributed by atoms with van der Waals surface area (Å²) in [6.45, 7) is 3.14. The Bertz CT molecular complexity index is 969. The molecule has 27 heavy (non-hydrogen) atoms. The molecular formula is C17H16N4O4S2. The Morgan fingerprint density at radius 1 is 1.26 bits per heavy atom. The molecule has 140 valence electrons. The average molecular weight is 404 g/mol. The molecule has 0 fully saturated rings. The van der Waals surface area contributed by atoms with Gasteiger partial charge in [0.2, 0.25) is 5.91 Å². The molecule has 0 spiro atoms. The maximum absolute atomic E-state index is 12.2. The second-order valence-corrected chi connectivity index (χ2v) is 7.00. The van der Waals surface area contributed by atoms with E-state index < -0.39 is 5.97 Å². The zero-order chi connectivity index (χ0) is 19.4. The number of benzene rings is 1. The van der Waals surface area contributed by atoms with Crippen LogP contribution in [0, 0.1) is 6.92 Å². The Hall–Kier alpha value is -2.85. The summed E-state index contributed by atoms with van der Waals surface area (Å²) in [6, 6.07) is 7.19. The fraction of sp³-hybridized carbons (Fsp3) is 0.235. The number of esters is 1. The van der Waals surface area contributed by atoms with E-state index in [0.29, 0.717) is 32.8 Å². The number of amides is 1. The van der Waals surface area contributed by atoms with E-state index in [1.165, 1.54) is 23.2 Å². The van der Waals surface area contributed by atoms with Crippen LogP contribution in [0.3, 0.4) is 0 Å². The molecule has 0 aliphatic heterocycles. The Kier molecular flexibility index (Phi) is 5.77. The Morgan fingerprint density at radius 2 is 2.04 bits per heavy atom. The summed E-state index contributed by atoms with van der Waals surface area (Å²) in [5.41, 5.74) is 1.67. The van der Waals surface area contributed by atoms with Gasteiger partial charge in [-0.1, -0.05) is 16.6 Å². The molecule has 3 aromatic rings. The van der Waals surface area contributed by atoms with Crippen molar-refractivity contribution < 1.29 is 19.1 Å². The van der Waals surface area contributed by atoms with Gasteiger partial charge in [-0.05, 0) is 30.6 Å². The second-order valence-electron chi connectivity index (χ2n) is 5.41. The van der Waals surface area contributed by atoms with Crippen molar-refractivity contribution in [3.8, 4) is 5.75 Å². The van der Waals surface area contributed by atoms with Gasteiger partial charge in [-0.25, -0.2) is 9.78 Å². The number of aromatic nitrogens is 3. The van der Waals surface area contributed by atoms with Gasteiger partial charge in [-0.3, -0.25) is 9.69 Å². The van der Waals surface area contributed by atoms with Gasteiger partial charge in [0.1, 0.15) is 12.4 Å². The number of aryl methyl sites for hydroxylation is 1. The number of nitrogens with zero attached hydrogens (tertiary/aromatic N) is 4. The third-order valence-electron chi connectivity index (χ3n) is 3.56. The van der Waals surface area contributed by atoms with E-state index in [2.05, 4.69) is 14.6 Å². The van der Waals surface area contributed by atoms with E-state index in [1.54, 1.807) is 31.5 Å². The van der Waals surface area contributed by atoms with Crippen LogP contribution in [0.2, 0.25) is 0 Å². The first-order valence-corrected chi connectivity index (χ1v) is 9.50. The second kappa shape index (κ2) is 8.23. The number of hydrogen-bond acceptors (Lipinski definition) is 9. The number of para-hydroxylation sites is 2. The minimum atomic E-state index is -0.495. The molecule has 0 N–H and O–H groups in total. The van der Waals surface area contributed by atoms with Crippen molar-refractivity contribution in [1.29, 1.82) is 0 Å². The number of hydrogen-bond donors (Lipinski definition) is 0. The first kappa shape index (κ1) is 18.9. The van der Waals surface area contributed by atoms with Crippen LogP contribution in [0.1, 0.15) is 28.0 Å². The fourth-order valence-corrected chi connectivity index (χ4v) is 3.73. The number of methoxy groups -OCH3 is 1. The largest absolute Gasteiger partial charge is 0.495 e. The van der Waals surface area contributed by atoms with E-state index in [-0.39, 0.29) is 12.5 Å². The third-order valence-corrected chi connectivity index (χ3v) is 5.24. The van der Waals surface area contributed by atoms with Gasteiger partial charge in [-0.2, -0.15) is 0 Å². The third kappa shape index (κ3) is 4.12. The van der Waals surface area contributed by atoms with Crippen LogP contribution in [0.5, 0.6) is 5.75 Å². The molecule has 0 unspecified atom stereocenters.